The Morgan fingerprint density at radius 1 is 1.27 bits per heavy atom. The molecular weight excluding hydrogens is 305 g/mol. The van der Waals surface area contributed by atoms with Crippen LogP contribution in [0.15, 0.2) is 12.1 Å². The summed E-state index contributed by atoms with van der Waals surface area (Å²) in [6.07, 6.45) is -4.59. The molecule has 7 nitrogen and oxygen atoms in total. The maximum atomic E-state index is 12.2. The smallest absolute Gasteiger partial charge is 0.422 e. The van der Waals surface area contributed by atoms with E-state index < -0.39 is 29.3 Å². The molecule has 1 aromatic heterocycles. The van der Waals surface area contributed by atoms with E-state index in [0.717, 1.165) is 6.07 Å². The Bertz CT molecular complexity index is 523. The zero-order chi connectivity index (χ0) is 16.9. The fourth-order valence-corrected chi connectivity index (χ4v) is 1.50. The molecule has 0 saturated heterocycles. The van der Waals surface area contributed by atoms with Gasteiger partial charge in [0, 0.05) is 26.2 Å². The van der Waals surface area contributed by atoms with E-state index in [2.05, 4.69) is 9.72 Å². The Morgan fingerprint density at radius 2 is 1.91 bits per heavy atom. The molecular formula is C12H17F3N4O3. The third-order valence-corrected chi connectivity index (χ3v) is 2.67. The number of halogens is 3. The van der Waals surface area contributed by atoms with Gasteiger partial charge in [0.15, 0.2) is 6.61 Å². The summed E-state index contributed by atoms with van der Waals surface area (Å²) < 4.78 is 41.1. The van der Waals surface area contributed by atoms with Gasteiger partial charge >= 0.3 is 11.9 Å². The average molecular weight is 322 g/mol. The van der Waals surface area contributed by atoms with E-state index in [9.17, 15) is 23.3 Å². The lowest BCUT2D eigenvalue weighted by molar-refractivity contribution is -0.386. The quantitative estimate of drug-likeness (QED) is 0.564. The second-order valence-corrected chi connectivity index (χ2v) is 4.88. The van der Waals surface area contributed by atoms with E-state index in [-0.39, 0.29) is 0 Å². The lowest BCUT2D eigenvalue weighted by atomic mass is 10.3. The summed E-state index contributed by atoms with van der Waals surface area (Å²) in [5.41, 5.74) is -0.603. The first-order valence-electron chi connectivity index (χ1n) is 6.31. The molecule has 0 spiro atoms. The summed E-state index contributed by atoms with van der Waals surface area (Å²) in [6.45, 7) is -0.393. The van der Waals surface area contributed by atoms with Crippen LogP contribution in [0, 0.1) is 10.1 Å². The Balaban J connectivity index is 2.95. The molecule has 0 unspecified atom stereocenters. The van der Waals surface area contributed by atoms with Crippen LogP contribution < -0.4 is 9.64 Å². The van der Waals surface area contributed by atoms with Gasteiger partial charge in [-0.2, -0.15) is 18.2 Å². The molecule has 0 aliphatic carbocycles. The largest absolute Gasteiger partial charge is 0.463 e. The molecule has 10 heteroatoms. The Labute approximate surface area is 125 Å². The third kappa shape index (κ3) is 5.72. The molecule has 1 aromatic rings. The van der Waals surface area contributed by atoms with Crippen LogP contribution in [0.2, 0.25) is 0 Å². The SMILES string of the molecule is CN(C)CCN(C)c1ccc([N+](=O)[O-])c(OCC(F)(F)F)n1. The van der Waals surface area contributed by atoms with Crippen molar-refractivity contribution in [2.45, 2.75) is 6.18 Å². The highest BCUT2D eigenvalue weighted by Gasteiger charge is 2.31. The molecule has 1 heterocycles. The predicted molar refractivity (Wildman–Crippen MR) is 74.3 cm³/mol. The van der Waals surface area contributed by atoms with Crippen molar-refractivity contribution in [2.75, 3.05) is 45.7 Å². The minimum Gasteiger partial charge on any atom is -0.463 e. The molecule has 0 aliphatic rings. The van der Waals surface area contributed by atoms with Crippen LogP contribution >= 0.6 is 0 Å². The molecule has 0 aliphatic heterocycles. The normalized spacial score (nSPS) is 11.6. The van der Waals surface area contributed by atoms with Gasteiger partial charge in [0.1, 0.15) is 5.82 Å². The van der Waals surface area contributed by atoms with E-state index in [1.54, 1.807) is 11.9 Å². The molecule has 1 rings (SSSR count). The fraction of sp³-hybridized carbons (Fsp3) is 0.583. The molecule has 0 bridgehead atoms. The van der Waals surface area contributed by atoms with Crippen molar-refractivity contribution in [1.82, 2.24) is 9.88 Å². The first-order valence-corrected chi connectivity index (χ1v) is 6.31. The monoisotopic (exact) mass is 322 g/mol. The standard InChI is InChI=1S/C12H17F3N4O3/c1-17(2)6-7-18(3)10-5-4-9(19(20)21)11(16-10)22-8-12(13,14)15/h4-5H,6-8H2,1-3H3. The summed E-state index contributed by atoms with van der Waals surface area (Å²) in [5, 5.41) is 10.8. The van der Waals surface area contributed by atoms with Crippen molar-refractivity contribution in [2.24, 2.45) is 0 Å². The number of alkyl halides is 3. The molecule has 0 amide bonds. The number of hydrogen-bond acceptors (Lipinski definition) is 6. The number of nitro groups is 1. The first kappa shape index (κ1) is 18.0. The van der Waals surface area contributed by atoms with Gasteiger partial charge in [0.05, 0.1) is 4.92 Å². The highest BCUT2D eigenvalue weighted by molar-refractivity contribution is 5.50. The summed E-state index contributed by atoms with van der Waals surface area (Å²) in [7, 11) is 5.43. The van der Waals surface area contributed by atoms with Gasteiger partial charge in [0.2, 0.25) is 0 Å². The molecule has 0 atom stereocenters. The van der Waals surface area contributed by atoms with Crippen LogP contribution in [-0.2, 0) is 0 Å². The zero-order valence-electron chi connectivity index (χ0n) is 12.4. The number of anilines is 1. The predicted octanol–water partition coefficient (Wildman–Crippen LogP) is 1.93. The van der Waals surface area contributed by atoms with Crippen LogP contribution in [0.4, 0.5) is 24.7 Å². The summed E-state index contributed by atoms with van der Waals surface area (Å²) in [4.78, 5) is 17.4. The maximum absolute atomic E-state index is 12.2. The van der Waals surface area contributed by atoms with Crippen molar-refractivity contribution in [1.29, 1.82) is 0 Å². The molecule has 0 radical (unpaired) electrons. The lowest BCUT2D eigenvalue weighted by Gasteiger charge is -2.21. The van der Waals surface area contributed by atoms with Gasteiger partial charge in [-0.15, -0.1) is 0 Å². The number of likely N-dealkylation sites (N-methyl/N-ethyl adjacent to an activating group) is 2. The Hall–Kier alpha value is -2.10. The molecule has 124 valence electrons. The van der Waals surface area contributed by atoms with Crippen LogP contribution in [0.25, 0.3) is 0 Å². The molecule has 22 heavy (non-hydrogen) atoms. The minimum absolute atomic E-state index is 0.296. The Morgan fingerprint density at radius 3 is 2.41 bits per heavy atom. The number of rotatable bonds is 7. The number of aromatic nitrogens is 1. The maximum Gasteiger partial charge on any atom is 0.422 e. The van der Waals surface area contributed by atoms with Crippen molar-refractivity contribution in [3.8, 4) is 5.88 Å². The Kier molecular flexibility index (Phi) is 5.92. The number of pyridine rings is 1. The lowest BCUT2D eigenvalue weighted by Crippen LogP contribution is -2.29. The summed E-state index contributed by atoms with van der Waals surface area (Å²) in [6, 6.07) is 2.45. The van der Waals surface area contributed by atoms with Gasteiger partial charge in [0.25, 0.3) is 5.88 Å². The van der Waals surface area contributed by atoms with Crippen molar-refractivity contribution in [3.05, 3.63) is 22.2 Å². The van der Waals surface area contributed by atoms with Crippen molar-refractivity contribution in [3.63, 3.8) is 0 Å². The van der Waals surface area contributed by atoms with Gasteiger partial charge in [-0.25, -0.2) is 0 Å². The topological polar surface area (TPSA) is 71.7 Å². The first-order chi connectivity index (χ1) is 10.1. The molecule has 0 fully saturated rings. The van der Waals surface area contributed by atoms with Gasteiger partial charge in [-0.1, -0.05) is 0 Å². The highest BCUT2D eigenvalue weighted by atomic mass is 19.4. The average Bonchev–Trinajstić information content (AvgIpc) is 2.41. The minimum atomic E-state index is -4.59. The second-order valence-electron chi connectivity index (χ2n) is 4.88. The van der Waals surface area contributed by atoms with Crippen LogP contribution in [-0.4, -0.2) is 61.8 Å². The zero-order valence-corrected chi connectivity index (χ0v) is 12.4. The van der Waals surface area contributed by atoms with Gasteiger partial charge in [-0.3, -0.25) is 10.1 Å². The van der Waals surface area contributed by atoms with Crippen molar-refractivity contribution >= 4 is 11.5 Å². The number of hydrogen-bond donors (Lipinski definition) is 0. The van der Waals surface area contributed by atoms with Gasteiger partial charge in [-0.05, 0) is 20.2 Å². The van der Waals surface area contributed by atoms with E-state index in [1.165, 1.54) is 6.07 Å². The van der Waals surface area contributed by atoms with Gasteiger partial charge < -0.3 is 14.5 Å². The number of ether oxygens (including phenoxy) is 1. The number of nitrogens with zero attached hydrogens (tertiary/aromatic N) is 4. The van der Waals surface area contributed by atoms with E-state index in [1.807, 2.05) is 19.0 Å². The van der Waals surface area contributed by atoms with E-state index in [4.69, 9.17) is 0 Å². The van der Waals surface area contributed by atoms with E-state index in [0.29, 0.717) is 18.9 Å². The van der Waals surface area contributed by atoms with Crippen molar-refractivity contribution < 1.29 is 22.8 Å². The fourth-order valence-electron chi connectivity index (χ4n) is 1.50. The third-order valence-electron chi connectivity index (χ3n) is 2.67. The van der Waals surface area contributed by atoms with E-state index >= 15 is 0 Å². The highest BCUT2D eigenvalue weighted by Crippen LogP contribution is 2.29. The molecule has 0 N–H and O–H groups in total. The molecule has 0 aromatic carbocycles. The van der Waals surface area contributed by atoms with Crippen LogP contribution in [0.3, 0.4) is 0 Å². The van der Waals surface area contributed by atoms with Crippen LogP contribution in [0.1, 0.15) is 0 Å². The second kappa shape index (κ2) is 7.25. The molecule has 0 saturated carbocycles. The van der Waals surface area contributed by atoms with Crippen LogP contribution in [0.5, 0.6) is 5.88 Å². The summed E-state index contributed by atoms with van der Waals surface area (Å²) >= 11 is 0. The summed E-state index contributed by atoms with van der Waals surface area (Å²) in [5.74, 6) is -0.346.